The van der Waals surface area contributed by atoms with Crippen molar-refractivity contribution in [1.82, 2.24) is 24.8 Å². The molecule has 8 heteroatoms. The number of morpholine rings is 1. The standard InChI is InChI=1S/C17H27N5O3/c23-6-2-14-10-22(19-18-14)11-15-9-13-1-3-21(15)12-16(13)17(24)20-4-7-25-8-5-20/h10,13,15-16,23H,1-9,11-12H2/t13?,15-,16+/m1/s1. The van der Waals surface area contributed by atoms with Crippen molar-refractivity contribution >= 4 is 5.91 Å². The minimum absolute atomic E-state index is 0.0989. The average molecular weight is 349 g/mol. The summed E-state index contributed by atoms with van der Waals surface area (Å²) in [4.78, 5) is 17.3. The number of hydrogen-bond donors (Lipinski definition) is 1. The second-order valence-electron chi connectivity index (χ2n) is 7.38. The molecule has 4 aliphatic heterocycles. The number of aromatic nitrogens is 3. The van der Waals surface area contributed by atoms with Gasteiger partial charge in [0.2, 0.25) is 5.91 Å². The lowest BCUT2D eigenvalue weighted by Gasteiger charge is -2.50. The van der Waals surface area contributed by atoms with E-state index in [9.17, 15) is 4.79 Å². The van der Waals surface area contributed by atoms with Gasteiger partial charge in [0, 0.05) is 44.9 Å². The lowest BCUT2D eigenvalue weighted by Crippen LogP contribution is -2.59. The number of amides is 1. The Balaban J connectivity index is 1.37. The summed E-state index contributed by atoms with van der Waals surface area (Å²) >= 11 is 0. The number of ether oxygens (including phenoxy) is 1. The SMILES string of the molecule is O=C([C@H]1CN2CCC1C[C@@H]2Cn1cc(CCO)nn1)N1CCOCC1. The maximum atomic E-state index is 12.9. The molecule has 2 unspecified atom stereocenters. The van der Waals surface area contributed by atoms with E-state index < -0.39 is 0 Å². The molecule has 5 heterocycles. The van der Waals surface area contributed by atoms with Gasteiger partial charge in [-0.25, -0.2) is 0 Å². The van der Waals surface area contributed by atoms with Gasteiger partial charge in [-0.05, 0) is 25.3 Å². The monoisotopic (exact) mass is 349 g/mol. The van der Waals surface area contributed by atoms with E-state index in [2.05, 4.69) is 15.2 Å². The third-order valence-corrected chi connectivity index (χ3v) is 5.87. The summed E-state index contributed by atoms with van der Waals surface area (Å²) in [7, 11) is 0. The van der Waals surface area contributed by atoms with Gasteiger partial charge in [-0.3, -0.25) is 14.4 Å². The normalized spacial score (nSPS) is 32.1. The smallest absolute Gasteiger partial charge is 0.227 e. The van der Waals surface area contributed by atoms with Crippen LogP contribution in [-0.2, 0) is 22.5 Å². The largest absolute Gasteiger partial charge is 0.396 e. The molecule has 25 heavy (non-hydrogen) atoms. The maximum absolute atomic E-state index is 12.9. The Hall–Kier alpha value is -1.51. The van der Waals surface area contributed by atoms with Crippen LogP contribution in [0.15, 0.2) is 6.20 Å². The first-order chi connectivity index (χ1) is 12.2. The Morgan fingerprint density at radius 1 is 1.32 bits per heavy atom. The molecule has 0 saturated carbocycles. The average Bonchev–Trinajstić information content (AvgIpc) is 3.10. The Bertz CT molecular complexity index is 601. The van der Waals surface area contributed by atoms with Crippen LogP contribution in [0.2, 0.25) is 0 Å². The van der Waals surface area contributed by atoms with Gasteiger partial charge in [-0.15, -0.1) is 5.10 Å². The molecule has 2 bridgehead atoms. The van der Waals surface area contributed by atoms with Crippen LogP contribution < -0.4 is 0 Å². The molecule has 1 amide bonds. The first kappa shape index (κ1) is 16.9. The molecule has 4 saturated heterocycles. The molecule has 1 aromatic heterocycles. The minimum Gasteiger partial charge on any atom is -0.396 e. The van der Waals surface area contributed by atoms with Crippen LogP contribution >= 0.6 is 0 Å². The highest BCUT2D eigenvalue weighted by Gasteiger charge is 2.44. The third kappa shape index (κ3) is 3.56. The van der Waals surface area contributed by atoms with Crippen molar-refractivity contribution < 1.29 is 14.6 Å². The highest BCUT2D eigenvalue weighted by atomic mass is 16.5. The number of rotatable bonds is 5. The van der Waals surface area contributed by atoms with Gasteiger partial charge in [0.15, 0.2) is 0 Å². The van der Waals surface area contributed by atoms with Crippen molar-refractivity contribution in [3.05, 3.63) is 11.9 Å². The van der Waals surface area contributed by atoms with Crippen LogP contribution in [0.3, 0.4) is 0 Å². The van der Waals surface area contributed by atoms with Crippen LogP contribution in [0, 0.1) is 11.8 Å². The molecule has 5 rings (SSSR count). The van der Waals surface area contributed by atoms with Crippen LogP contribution in [0.1, 0.15) is 18.5 Å². The van der Waals surface area contributed by atoms with Gasteiger partial charge in [0.25, 0.3) is 0 Å². The van der Waals surface area contributed by atoms with Crippen LogP contribution in [-0.4, -0.2) is 87.8 Å². The van der Waals surface area contributed by atoms with Crippen LogP contribution in [0.25, 0.3) is 0 Å². The van der Waals surface area contributed by atoms with E-state index in [1.54, 1.807) is 0 Å². The van der Waals surface area contributed by atoms with E-state index in [1.807, 2.05) is 15.8 Å². The Morgan fingerprint density at radius 3 is 2.88 bits per heavy atom. The van der Waals surface area contributed by atoms with Crippen molar-refractivity contribution in [1.29, 1.82) is 0 Å². The first-order valence-electron chi connectivity index (χ1n) is 9.35. The summed E-state index contributed by atoms with van der Waals surface area (Å²) in [5, 5.41) is 17.3. The second kappa shape index (κ2) is 7.39. The fourth-order valence-corrected chi connectivity index (χ4v) is 4.50. The molecule has 0 spiro atoms. The van der Waals surface area contributed by atoms with E-state index in [1.165, 1.54) is 0 Å². The summed E-state index contributed by atoms with van der Waals surface area (Å²) in [6, 6.07) is 0.427. The summed E-state index contributed by atoms with van der Waals surface area (Å²) in [6.45, 7) is 5.64. The molecule has 4 atom stereocenters. The van der Waals surface area contributed by atoms with Crippen LogP contribution in [0.5, 0.6) is 0 Å². The summed E-state index contributed by atoms with van der Waals surface area (Å²) in [6.07, 6.45) is 4.64. The van der Waals surface area contributed by atoms with Crippen molar-refractivity contribution in [2.45, 2.75) is 31.8 Å². The number of carbonyl (C=O) groups is 1. The maximum Gasteiger partial charge on any atom is 0.227 e. The number of nitrogens with zero attached hydrogens (tertiary/aromatic N) is 5. The van der Waals surface area contributed by atoms with E-state index in [-0.39, 0.29) is 12.5 Å². The quantitative estimate of drug-likeness (QED) is 0.763. The van der Waals surface area contributed by atoms with Gasteiger partial charge in [0.05, 0.1) is 31.4 Å². The number of aliphatic hydroxyl groups is 1. The molecule has 1 N–H and O–H groups in total. The lowest BCUT2D eigenvalue weighted by molar-refractivity contribution is -0.148. The summed E-state index contributed by atoms with van der Waals surface area (Å²) in [5.74, 6) is 0.942. The van der Waals surface area contributed by atoms with E-state index in [4.69, 9.17) is 9.84 Å². The molecular weight excluding hydrogens is 322 g/mol. The Labute approximate surface area is 147 Å². The number of hydrogen-bond acceptors (Lipinski definition) is 6. The fourth-order valence-electron chi connectivity index (χ4n) is 4.50. The number of carbonyl (C=O) groups excluding carboxylic acids is 1. The molecule has 0 aliphatic carbocycles. The van der Waals surface area contributed by atoms with Crippen molar-refractivity contribution in [2.24, 2.45) is 11.8 Å². The van der Waals surface area contributed by atoms with Crippen molar-refractivity contribution in [3.63, 3.8) is 0 Å². The Kier molecular flexibility index (Phi) is 5.00. The highest BCUT2D eigenvalue weighted by molar-refractivity contribution is 5.79. The van der Waals surface area contributed by atoms with Gasteiger partial charge >= 0.3 is 0 Å². The predicted octanol–water partition coefficient (Wildman–Crippen LogP) is -0.618. The predicted molar refractivity (Wildman–Crippen MR) is 89.8 cm³/mol. The van der Waals surface area contributed by atoms with Crippen molar-refractivity contribution in [2.75, 3.05) is 46.0 Å². The molecule has 8 nitrogen and oxygen atoms in total. The van der Waals surface area contributed by atoms with Gasteiger partial charge < -0.3 is 14.7 Å². The topological polar surface area (TPSA) is 83.7 Å². The minimum atomic E-state index is 0.0989. The number of aliphatic hydroxyl groups excluding tert-OH is 1. The molecule has 4 fully saturated rings. The molecule has 4 aliphatic rings. The molecule has 0 radical (unpaired) electrons. The zero-order valence-electron chi connectivity index (χ0n) is 14.6. The lowest BCUT2D eigenvalue weighted by atomic mass is 9.75. The van der Waals surface area contributed by atoms with E-state index >= 15 is 0 Å². The zero-order valence-corrected chi connectivity index (χ0v) is 14.6. The summed E-state index contributed by atoms with van der Waals surface area (Å²) in [5.41, 5.74) is 0.832. The number of piperidine rings is 3. The van der Waals surface area contributed by atoms with Gasteiger partial charge in [-0.2, -0.15) is 0 Å². The molecule has 0 aromatic carbocycles. The van der Waals surface area contributed by atoms with Crippen molar-refractivity contribution in [3.8, 4) is 0 Å². The fraction of sp³-hybridized carbons (Fsp3) is 0.824. The Morgan fingerprint density at radius 2 is 2.16 bits per heavy atom. The molecular formula is C17H27N5O3. The molecule has 1 aromatic rings. The van der Waals surface area contributed by atoms with Gasteiger partial charge in [-0.1, -0.05) is 5.21 Å². The summed E-state index contributed by atoms with van der Waals surface area (Å²) < 4.78 is 7.25. The van der Waals surface area contributed by atoms with Crippen LogP contribution in [0.4, 0.5) is 0 Å². The zero-order chi connectivity index (χ0) is 17.2. The first-order valence-corrected chi connectivity index (χ1v) is 9.35. The van der Waals surface area contributed by atoms with E-state index in [0.29, 0.717) is 37.5 Å². The highest BCUT2D eigenvalue weighted by Crippen LogP contribution is 2.37. The van der Waals surface area contributed by atoms with Gasteiger partial charge in [0.1, 0.15) is 0 Å². The molecule has 138 valence electrons. The number of fused-ring (bicyclic) bond motifs is 3. The van der Waals surface area contributed by atoms with E-state index in [0.717, 1.165) is 51.3 Å². The second-order valence-corrected chi connectivity index (χ2v) is 7.38. The third-order valence-electron chi connectivity index (χ3n) is 5.87.